The van der Waals surface area contributed by atoms with Crippen LogP contribution >= 0.6 is 0 Å². The molecule has 2 heterocycles. The molecular formula is C9H8N2O3. The zero-order chi connectivity index (χ0) is 10.1. The molecular weight excluding hydrogens is 184 g/mol. The van der Waals surface area contributed by atoms with Gasteiger partial charge in [-0.15, -0.1) is 0 Å². The molecule has 0 amide bonds. The van der Waals surface area contributed by atoms with Crippen LogP contribution in [-0.4, -0.2) is 27.4 Å². The van der Waals surface area contributed by atoms with E-state index in [4.69, 9.17) is 5.11 Å². The van der Waals surface area contributed by atoms with Gasteiger partial charge in [-0.3, -0.25) is 14.8 Å². The van der Waals surface area contributed by atoms with Gasteiger partial charge in [0.2, 0.25) is 0 Å². The number of fused-ring (bicyclic) bond motifs is 1. The Morgan fingerprint density at radius 2 is 2.29 bits per heavy atom. The number of carboxylic acids is 1. The molecule has 2 unspecified atom stereocenters. The summed E-state index contributed by atoms with van der Waals surface area (Å²) in [5.74, 6) is -2.10. The van der Waals surface area contributed by atoms with Crippen molar-refractivity contribution in [3.8, 4) is 0 Å². The Balaban J connectivity index is 2.44. The number of hydrogen-bond donors (Lipinski definition) is 2. The van der Waals surface area contributed by atoms with Crippen LogP contribution in [0.25, 0.3) is 0 Å². The number of aromatic nitrogens is 1. The molecule has 0 radical (unpaired) electrons. The first-order chi connectivity index (χ1) is 6.70. The predicted molar refractivity (Wildman–Crippen MR) is 48.5 cm³/mol. The van der Waals surface area contributed by atoms with Crippen molar-refractivity contribution in [2.75, 3.05) is 0 Å². The first-order valence-electron chi connectivity index (χ1n) is 4.10. The molecule has 72 valence electrons. The van der Waals surface area contributed by atoms with Gasteiger partial charge in [-0.05, 0) is 12.1 Å². The third kappa shape index (κ3) is 1.27. The number of hydrogen-bond acceptors (Lipinski definition) is 4. The first kappa shape index (κ1) is 8.83. The molecule has 2 N–H and O–H groups in total. The second-order valence-corrected chi connectivity index (χ2v) is 2.99. The smallest absolute Gasteiger partial charge is 0.315 e. The number of aliphatic imine (C=N–C) groups is 1. The standard InChI is InChI=1S/C9H8N2O3/c12-8-5(9(13)14)4-11-6-2-1-3-10-7(6)8/h1-5,8,12H,(H,13,14). The molecule has 1 aromatic heterocycles. The van der Waals surface area contributed by atoms with Crippen LogP contribution in [0, 0.1) is 5.92 Å². The molecule has 0 saturated carbocycles. The molecule has 0 aliphatic carbocycles. The lowest BCUT2D eigenvalue weighted by atomic mass is 9.97. The number of aliphatic carboxylic acids is 1. The Labute approximate surface area is 79.8 Å². The van der Waals surface area contributed by atoms with Gasteiger partial charge < -0.3 is 10.2 Å². The van der Waals surface area contributed by atoms with Gasteiger partial charge >= 0.3 is 5.97 Å². The van der Waals surface area contributed by atoms with Gasteiger partial charge in [0.1, 0.15) is 12.0 Å². The van der Waals surface area contributed by atoms with Crippen molar-refractivity contribution in [3.63, 3.8) is 0 Å². The molecule has 1 aliphatic rings. The maximum absolute atomic E-state index is 10.7. The lowest BCUT2D eigenvalue weighted by Crippen LogP contribution is -2.26. The number of aliphatic hydroxyl groups is 1. The molecule has 1 aliphatic heterocycles. The van der Waals surface area contributed by atoms with Gasteiger partial charge in [0.15, 0.2) is 0 Å². The highest BCUT2D eigenvalue weighted by Crippen LogP contribution is 2.31. The third-order valence-electron chi connectivity index (χ3n) is 2.10. The maximum atomic E-state index is 10.7. The van der Waals surface area contributed by atoms with Gasteiger partial charge in [0, 0.05) is 12.4 Å². The highest BCUT2D eigenvalue weighted by molar-refractivity contribution is 5.92. The third-order valence-corrected chi connectivity index (χ3v) is 2.10. The van der Waals surface area contributed by atoms with Crippen LogP contribution in [0.3, 0.4) is 0 Å². The van der Waals surface area contributed by atoms with Crippen molar-refractivity contribution in [2.24, 2.45) is 10.9 Å². The minimum absolute atomic E-state index is 0.322. The fourth-order valence-corrected chi connectivity index (χ4v) is 1.36. The Hall–Kier alpha value is -1.75. The van der Waals surface area contributed by atoms with Crippen molar-refractivity contribution in [1.82, 2.24) is 4.98 Å². The van der Waals surface area contributed by atoms with E-state index in [2.05, 4.69) is 9.98 Å². The minimum Gasteiger partial charge on any atom is -0.481 e. The van der Waals surface area contributed by atoms with E-state index in [1.165, 1.54) is 12.4 Å². The monoisotopic (exact) mass is 192 g/mol. The second-order valence-electron chi connectivity index (χ2n) is 2.99. The van der Waals surface area contributed by atoms with E-state index in [0.29, 0.717) is 11.4 Å². The summed E-state index contributed by atoms with van der Waals surface area (Å²) in [6, 6.07) is 3.37. The summed E-state index contributed by atoms with van der Waals surface area (Å²) in [6.07, 6.45) is 1.62. The van der Waals surface area contributed by atoms with Crippen LogP contribution in [-0.2, 0) is 4.79 Å². The molecule has 0 bridgehead atoms. The highest BCUT2D eigenvalue weighted by atomic mass is 16.4. The SMILES string of the molecule is O=C(O)C1C=Nc2cccnc2C1O. The summed E-state index contributed by atoms with van der Waals surface area (Å²) in [5.41, 5.74) is 0.847. The van der Waals surface area contributed by atoms with E-state index in [1.54, 1.807) is 12.1 Å². The molecule has 14 heavy (non-hydrogen) atoms. The molecule has 0 fully saturated rings. The summed E-state index contributed by atoms with van der Waals surface area (Å²) >= 11 is 0. The summed E-state index contributed by atoms with van der Waals surface area (Å²) in [4.78, 5) is 18.5. The van der Waals surface area contributed by atoms with Crippen molar-refractivity contribution in [2.45, 2.75) is 6.10 Å². The highest BCUT2D eigenvalue weighted by Gasteiger charge is 2.31. The van der Waals surface area contributed by atoms with Crippen molar-refractivity contribution in [3.05, 3.63) is 24.0 Å². The lowest BCUT2D eigenvalue weighted by molar-refractivity contribution is -0.142. The van der Waals surface area contributed by atoms with E-state index in [9.17, 15) is 9.90 Å². The summed E-state index contributed by atoms with van der Waals surface area (Å²) in [6.45, 7) is 0. The van der Waals surface area contributed by atoms with E-state index in [0.717, 1.165) is 0 Å². The topological polar surface area (TPSA) is 82.8 Å². The molecule has 0 spiro atoms. The second kappa shape index (κ2) is 3.19. The molecule has 5 heteroatoms. The van der Waals surface area contributed by atoms with Crippen molar-refractivity contribution in [1.29, 1.82) is 0 Å². The first-order valence-corrected chi connectivity index (χ1v) is 4.10. The zero-order valence-corrected chi connectivity index (χ0v) is 7.16. The quantitative estimate of drug-likeness (QED) is 0.679. The fourth-order valence-electron chi connectivity index (χ4n) is 1.36. The average Bonchev–Trinajstić information content (AvgIpc) is 2.18. The zero-order valence-electron chi connectivity index (χ0n) is 7.16. The van der Waals surface area contributed by atoms with E-state index < -0.39 is 18.0 Å². The fraction of sp³-hybridized carbons (Fsp3) is 0.222. The number of pyridine rings is 1. The van der Waals surface area contributed by atoms with Crippen LogP contribution in [0.1, 0.15) is 11.8 Å². The molecule has 2 atom stereocenters. The Bertz CT molecular complexity index is 403. The summed E-state index contributed by atoms with van der Waals surface area (Å²) in [7, 11) is 0. The van der Waals surface area contributed by atoms with Gasteiger partial charge in [-0.25, -0.2) is 0 Å². The predicted octanol–water partition coefficient (Wildman–Crippen LogP) is 0.532. The number of rotatable bonds is 1. The Morgan fingerprint density at radius 1 is 1.50 bits per heavy atom. The van der Waals surface area contributed by atoms with Crippen LogP contribution in [0.15, 0.2) is 23.3 Å². The normalized spacial score (nSPS) is 24.4. The van der Waals surface area contributed by atoms with Crippen molar-refractivity contribution >= 4 is 17.9 Å². The Morgan fingerprint density at radius 3 is 3.00 bits per heavy atom. The van der Waals surface area contributed by atoms with E-state index >= 15 is 0 Å². The molecule has 0 aromatic carbocycles. The van der Waals surface area contributed by atoms with Crippen LogP contribution < -0.4 is 0 Å². The molecule has 5 nitrogen and oxygen atoms in total. The number of nitrogens with zero attached hydrogens (tertiary/aromatic N) is 2. The van der Waals surface area contributed by atoms with Gasteiger partial charge in [-0.1, -0.05) is 0 Å². The summed E-state index contributed by atoms with van der Waals surface area (Å²) in [5, 5.41) is 18.4. The molecule has 0 saturated heterocycles. The van der Waals surface area contributed by atoms with Crippen LogP contribution in [0.5, 0.6) is 0 Å². The van der Waals surface area contributed by atoms with Crippen LogP contribution in [0.4, 0.5) is 5.69 Å². The largest absolute Gasteiger partial charge is 0.481 e. The average molecular weight is 192 g/mol. The Kier molecular flexibility index (Phi) is 2.01. The lowest BCUT2D eigenvalue weighted by Gasteiger charge is -2.20. The van der Waals surface area contributed by atoms with E-state index in [-0.39, 0.29) is 0 Å². The maximum Gasteiger partial charge on any atom is 0.315 e. The van der Waals surface area contributed by atoms with E-state index in [1.807, 2.05) is 0 Å². The number of carboxylic acid groups (broad SMARTS) is 1. The summed E-state index contributed by atoms with van der Waals surface area (Å²) < 4.78 is 0. The van der Waals surface area contributed by atoms with Crippen molar-refractivity contribution < 1.29 is 15.0 Å². The van der Waals surface area contributed by atoms with Gasteiger partial charge in [0.05, 0.1) is 11.4 Å². The number of carbonyl (C=O) groups is 1. The van der Waals surface area contributed by atoms with Gasteiger partial charge in [-0.2, -0.15) is 0 Å². The van der Waals surface area contributed by atoms with Gasteiger partial charge in [0.25, 0.3) is 0 Å². The van der Waals surface area contributed by atoms with Crippen LogP contribution in [0.2, 0.25) is 0 Å². The molecule has 1 aromatic rings. The molecule has 2 rings (SSSR count). The number of aliphatic hydroxyl groups excluding tert-OH is 1. The minimum atomic E-state index is -1.11.